The molecule has 4 heteroatoms. The molecule has 1 fully saturated rings. The fourth-order valence-electron chi connectivity index (χ4n) is 2.03. The minimum Gasteiger partial charge on any atom is -0.379 e. The van der Waals surface area contributed by atoms with E-state index in [0.29, 0.717) is 19.3 Å². The molecule has 0 amide bonds. The van der Waals surface area contributed by atoms with Crippen molar-refractivity contribution in [2.24, 2.45) is 0 Å². The molecule has 0 bridgehead atoms. The van der Waals surface area contributed by atoms with E-state index < -0.39 is 0 Å². The highest BCUT2D eigenvalue weighted by atomic mass is 16.6. The summed E-state index contributed by atoms with van der Waals surface area (Å²) in [6, 6.07) is 0.424. The summed E-state index contributed by atoms with van der Waals surface area (Å²) in [4.78, 5) is 0. The van der Waals surface area contributed by atoms with Gasteiger partial charge in [-0.05, 0) is 33.2 Å². The second-order valence-electron chi connectivity index (χ2n) is 4.57. The van der Waals surface area contributed by atoms with Gasteiger partial charge >= 0.3 is 0 Å². The van der Waals surface area contributed by atoms with Crippen LogP contribution in [-0.4, -0.2) is 51.2 Å². The van der Waals surface area contributed by atoms with Crippen LogP contribution in [-0.2, 0) is 14.2 Å². The zero-order chi connectivity index (χ0) is 12.5. The molecule has 0 aromatic rings. The van der Waals surface area contributed by atoms with Crippen LogP contribution < -0.4 is 5.32 Å². The van der Waals surface area contributed by atoms with Crippen LogP contribution in [0.2, 0.25) is 0 Å². The summed E-state index contributed by atoms with van der Waals surface area (Å²) in [5.74, 6) is 0. The van der Waals surface area contributed by atoms with Gasteiger partial charge in [-0.25, -0.2) is 0 Å². The molecule has 1 aliphatic rings. The van der Waals surface area contributed by atoms with Crippen molar-refractivity contribution in [2.45, 2.75) is 51.9 Å². The van der Waals surface area contributed by atoms with Gasteiger partial charge in [0.1, 0.15) is 0 Å². The van der Waals surface area contributed by atoms with E-state index in [2.05, 4.69) is 19.2 Å². The van der Waals surface area contributed by atoms with Crippen molar-refractivity contribution >= 4 is 0 Å². The average molecular weight is 245 g/mol. The molecular weight excluding hydrogens is 218 g/mol. The Labute approximate surface area is 105 Å². The predicted molar refractivity (Wildman–Crippen MR) is 68.3 cm³/mol. The molecule has 0 aromatic heterocycles. The van der Waals surface area contributed by atoms with Crippen molar-refractivity contribution in [1.82, 2.24) is 5.32 Å². The van der Waals surface area contributed by atoms with Crippen LogP contribution in [0.5, 0.6) is 0 Å². The second kappa shape index (κ2) is 8.86. The normalized spacial score (nSPS) is 27.0. The number of hydrogen-bond donors (Lipinski definition) is 1. The van der Waals surface area contributed by atoms with Crippen molar-refractivity contribution in [3.63, 3.8) is 0 Å². The van der Waals surface area contributed by atoms with Crippen LogP contribution in [0.15, 0.2) is 0 Å². The molecule has 3 atom stereocenters. The summed E-state index contributed by atoms with van der Waals surface area (Å²) in [6.07, 6.45) is 2.48. The molecule has 0 radical (unpaired) electrons. The Bertz CT molecular complexity index is 190. The predicted octanol–water partition coefficient (Wildman–Crippen LogP) is 1.59. The van der Waals surface area contributed by atoms with Crippen molar-refractivity contribution in [3.8, 4) is 0 Å². The van der Waals surface area contributed by atoms with Gasteiger partial charge in [0, 0.05) is 19.3 Å². The van der Waals surface area contributed by atoms with Gasteiger partial charge in [0.25, 0.3) is 0 Å². The molecule has 0 saturated carbocycles. The Morgan fingerprint density at radius 3 is 2.94 bits per heavy atom. The van der Waals surface area contributed by atoms with Crippen molar-refractivity contribution in [1.29, 1.82) is 0 Å². The lowest BCUT2D eigenvalue weighted by Crippen LogP contribution is -2.49. The number of hydrogen-bond acceptors (Lipinski definition) is 4. The monoisotopic (exact) mass is 245 g/mol. The van der Waals surface area contributed by atoms with Crippen molar-refractivity contribution < 1.29 is 14.2 Å². The maximum absolute atomic E-state index is 5.99. The van der Waals surface area contributed by atoms with Gasteiger partial charge in [0.15, 0.2) is 0 Å². The third-order valence-electron chi connectivity index (χ3n) is 2.92. The van der Waals surface area contributed by atoms with Gasteiger partial charge < -0.3 is 19.5 Å². The van der Waals surface area contributed by atoms with E-state index in [0.717, 1.165) is 32.6 Å². The van der Waals surface area contributed by atoms with Crippen LogP contribution in [0.4, 0.5) is 0 Å². The zero-order valence-electron chi connectivity index (χ0n) is 11.4. The first kappa shape index (κ1) is 14.9. The smallest absolute Gasteiger partial charge is 0.0966 e. The first-order valence-electron chi connectivity index (χ1n) is 6.82. The lowest BCUT2D eigenvalue weighted by atomic mass is 10.1. The maximum Gasteiger partial charge on any atom is 0.0966 e. The van der Waals surface area contributed by atoms with Gasteiger partial charge in [-0.1, -0.05) is 6.92 Å². The van der Waals surface area contributed by atoms with Gasteiger partial charge in [0.05, 0.1) is 25.4 Å². The molecule has 0 aromatic carbocycles. The Morgan fingerprint density at radius 2 is 2.24 bits per heavy atom. The Balaban J connectivity index is 2.30. The number of ether oxygens (including phenoxy) is 3. The van der Waals surface area contributed by atoms with Crippen LogP contribution >= 0.6 is 0 Å². The lowest BCUT2D eigenvalue weighted by Gasteiger charge is -2.34. The van der Waals surface area contributed by atoms with Gasteiger partial charge in [-0.2, -0.15) is 0 Å². The lowest BCUT2D eigenvalue weighted by molar-refractivity contribution is -0.112. The highest BCUT2D eigenvalue weighted by Crippen LogP contribution is 2.13. The Morgan fingerprint density at radius 1 is 1.41 bits per heavy atom. The summed E-state index contributed by atoms with van der Waals surface area (Å²) >= 11 is 0. The molecule has 1 aliphatic heterocycles. The topological polar surface area (TPSA) is 39.7 Å². The summed E-state index contributed by atoms with van der Waals surface area (Å²) in [6.45, 7) is 10.2. The van der Waals surface area contributed by atoms with Crippen LogP contribution in [0.25, 0.3) is 0 Å². The number of nitrogens with one attached hydrogen (secondary N) is 1. The van der Waals surface area contributed by atoms with E-state index in [1.807, 2.05) is 6.92 Å². The SMILES string of the molecule is CCCNC1CCOCC1OC(C)COCC. The average Bonchev–Trinajstić information content (AvgIpc) is 2.35. The third kappa shape index (κ3) is 5.82. The van der Waals surface area contributed by atoms with Crippen molar-refractivity contribution in [2.75, 3.05) is 33.0 Å². The van der Waals surface area contributed by atoms with Gasteiger partial charge in [0.2, 0.25) is 0 Å². The second-order valence-corrected chi connectivity index (χ2v) is 4.57. The van der Waals surface area contributed by atoms with E-state index >= 15 is 0 Å². The zero-order valence-corrected chi connectivity index (χ0v) is 11.4. The summed E-state index contributed by atoms with van der Waals surface area (Å²) < 4.78 is 16.8. The van der Waals surface area contributed by atoms with Crippen molar-refractivity contribution in [3.05, 3.63) is 0 Å². The fourth-order valence-corrected chi connectivity index (χ4v) is 2.03. The summed E-state index contributed by atoms with van der Waals surface area (Å²) in [5.41, 5.74) is 0. The largest absolute Gasteiger partial charge is 0.379 e. The van der Waals surface area contributed by atoms with E-state index in [-0.39, 0.29) is 12.2 Å². The quantitative estimate of drug-likeness (QED) is 0.705. The molecule has 102 valence electrons. The fraction of sp³-hybridized carbons (Fsp3) is 1.00. The van der Waals surface area contributed by atoms with Crippen LogP contribution in [0.1, 0.15) is 33.6 Å². The molecule has 1 N–H and O–H groups in total. The summed E-state index contributed by atoms with van der Waals surface area (Å²) in [5, 5.41) is 3.54. The minimum absolute atomic E-state index is 0.132. The van der Waals surface area contributed by atoms with Crippen LogP contribution in [0, 0.1) is 0 Å². The van der Waals surface area contributed by atoms with E-state index in [1.165, 1.54) is 0 Å². The molecule has 4 nitrogen and oxygen atoms in total. The van der Waals surface area contributed by atoms with Crippen LogP contribution in [0.3, 0.4) is 0 Å². The van der Waals surface area contributed by atoms with E-state index in [9.17, 15) is 0 Å². The highest BCUT2D eigenvalue weighted by molar-refractivity contribution is 4.81. The Hall–Kier alpha value is -0.160. The first-order valence-corrected chi connectivity index (χ1v) is 6.82. The Kier molecular flexibility index (Phi) is 7.77. The molecule has 1 heterocycles. The van der Waals surface area contributed by atoms with E-state index in [1.54, 1.807) is 0 Å². The molecular formula is C13H27NO3. The molecule has 1 saturated heterocycles. The molecule has 0 spiro atoms. The number of rotatable bonds is 8. The van der Waals surface area contributed by atoms with E-state index in [4.69, 9.17) is 14.2 Å². The molecule has 3 unspecified atom stereocenters. The molecule has 0 aliphatic carbocycles. The standard InChI is InChI=1S/C13H27NO3/c1-4-7-14-12-6-8-16-10-13(12)17-11(3)9-15-5-2/h11-14H,4-10H2,1-3H3. The first-order chi connectivity index (χ1) is 8.27. The maximum atomic E-state index is 5.99. The molecule has 17 heavy (non-hydrogen) atoms. The van der Waals surface area contributed by atoms with Gasteiger partial charge in [-0.15, -0.1) is 0 Å². The highest BCUT2D eigenvalue weighted by Gasteiger charge is 2.27. The van der Waals surface area contributed by atoms with Gasteiger partial charge in [-0.3, -0.25) is 0 Å². The minimum atomic E-state index is 0.132. The third-order valence-corrected chi connectivity index (χ3v) is 2.92. The molecule has 1 rings (SSSR count). The summed E-state index contributed by atoms with van der Waals surface area (Å²) in [7, 11) is 0.